The standard InChI is InChI=1S/C16H21NO5/c1-10-5-6-12(16(20)21)8-13(10)9-17(3)15(19)11(2)7-14(18)22-4/h5-6,8,11H,7,9H2,1-4H3,(H,20,21). The fourth-order valence-electron chi connectivity index (χ4n) is 2.11. The molecule has 0 saturated carbocycles. The molecular weight excluding hydrogens is 286 g/mol. The van der Waals surface area contributed by atoms with Crippen LogP contribution in [0, 0.1) is 12.8 Å². The number of amides is 1. The minimum absolute atomic E-state index is 0.0216. The maximum Gasteiger partial charge on any atom is 0.335 e. The average molecular weight is 307 g/mol. The highest BCUT2D eigenvalue weighted by Gasteiger charge is 2.21. The molecule has 0 aliphatic heterocycles. The molecule has 1 aromatic carbocycles. The van der Waals surface area contributed by atoms with Gasteiger partial charge in [0.1, 0.15) is 0 Å². The molecule has 0 radical (unpaired) electrons. The number of nitrogens with zero attached hydrogens (tertiary/aromatic N) is 1. The van der Waals surface area contributed by atoms with E-state index in [2.05, 4.69) is 4.74 Å². The number of carbonyl (C=O) groups excluding carboxylic acids is 2. The number of ether oxygens (including phenoxy) is 1. The molecule has 0 fully saturated rings. The molecule has 0 heterocycles. The number of carboxylic acid groups (broad SMARTS) is 1. The summed E-state index contributed by atoms with van der Waals surface area (Å²) in [6.45, 7) is 3.81. The number of aryl methyl sites for hydroxylation is 1. The zero-order chi connectivity index (χ0) is 16.9. The molecule has 120 valence electrons. The summed E-state index contributed by atoms with van der Waals surface area (Å²) >= 11 is 0. The third kappa shape index (κ3) is 4.58. The van der Waals surface area contributed by atoms with E-state index >= 15 is 0 Å². The molecule has 6 nitrogen and oxygen atoms in total. The second kappa shape index (κ2) is 7.59. The average Bonchev–Trinajstić information content (AvgIpc) is 2.47. The maximum absolute atomic E-state index is 12.2. The van der Waals surface area contributed by atoms with E-state index in [1.54, 1.807) is 26.1 Å². The number of benzene rings is 1. The summed E-state index contributed by atoms with van der Waals surface area (Å²) < 4.78 is 4.56. The molecule has 0 aliphatic carbocycles. The van der Waals surface area contributed by atoms with Gasteiger partial charge >= 0.3 is 11.9 Å². The zero-order valence-corrected chi connectivity index (χ0v) is 13.3. The van der Waals surface area contributed by atoms with Gasteiger partial charge in [0.15, 0.2) is 0 Å². The van der Waals surface area contributed by atoms with Crippen LogP contribution in [0.2, 0.25) is 0 Å². The molecule has 22 heavy (non-hydrogen) atoms. The van der Waals surface area contributed by atoms with Crippen molar-refractivity contribution in [3.63, 3.8) is 0 Å². The van der Waals surface area contributed by atoms with Crippen LogP contribution in [0.1, 0.15) is 34.8 Å². The third-order valence-electron chi connectivity index (χ3n) is 3.50. The summed E-state index contributed by atoms with van der Waals surface area (Å²) in [6, 6.07) is 4.81. The van der Waals surface area contributed by atoms with Crippen molar-refractivity contribution in [2.45, 2.75) is 26.8 Å². The number of carboxylic acids is 1. The lowest BCUT2D eigenvalue weighted by atomic mass is 10.0. The van der Waals surface area contributed by atoms with Crippen molar-refractivity contribution < 1.29 is 24.2 Å². The van der Waals surface area contributed by atoms with Crippen LogP contribution >= 0.6 is 0 Å². The Morgan fingerprint density at radius 3 is 2.50 bits per heavy atom. The van der Waals surface area contributed by atoms with Crippen LogP contribution in [0.15, 0.2) is 18.2 Å². The first-order valence-corrected chi connectivity index (χ1v) is 6.90. The molecule has 0 saturated heterocycles. The Morgan fingerprint density at radius 1 is 1.32 bits per heavy atom. The van der Waals surface area contributed by atoms with Crippen molar-refractivity contribution >= 4 is 17.8 Å². The Kier molecular flexibility index (Phi) is 6.10. The van der Waals surface area contributed by atoms with E-state index < -0.39 is 17.9 Å². The van der Waals surface area contributed by atoms with Gasteiger partial charge in [-0.15, -0.1) is 0 Å². The first kappa shape index (κ1) is 17.7. The fourth-order valence-corrected chi connectivity index (χ4v) is 2.11. The van der Waals surface area contributed by atoms with Crippen LogP contribution in [0.5, 0.6) is 0 Å². The number of methoxy groups -OCH3 is 1. The molecular formula is C16H21NO5. The maximum atomic E-state index is 12.2. The molecule has 1 atom stereocenters. The molecule has 1 aromatic rings. The van der Waals surface area contributed by atoms with Crippen molar-refractivity contribution in [3.8, 4) is 0 Å². The summed E-state index contributed by atoms with van der Waals surface area (Å²) in [6.07, 6.45) is 0.0216. The van der Waals surface area contributed by atoms with Crippen molar-refractivity contribution in [1.82, 2.24) is 4.90 Å². The quantitative estimate of drug-likeness (QED) is 0.811. The third-order valence-corrected chi connectivity index (χ3v) is 3.50. The van der Waals surface area contributed by atoms with E-state index in [0.717, 1.165) is 11.1 Å². The van der Waals surface area contributed by atoms with Crippen LogP contribution in [0.3, 0.4) is 0 Å². The first-order chi connectivity index (χ1) is 10.3. The molecule has 1 amide bonds. The van der Waals surface area contributed by atoms with E-state index in [1.807, 2.05) is 6.92 Å². The van der Waals surface area contributed by atoms with Gasteiger partial charge in [-0.1, -0.05) is 13.0 Å². The van der Waals surface area contributed by atoms with E-state index in [4.69, 9.17) is 5.11 Å². The number of hydrogen-bond donors (Lipinski definition) is 1. The van der Waals surface area contributed by atoms with Gasteiger partial charge in [0.25, 0.3) is 0 Å². The largest absolute Gasteiger partial charge is 0.478 e. The molecule has 0 bridgehead atoms. The van der Waals surface area contributed by atoms with Gasteiger partial charge in [-0.25, -0.2) is 4.79 Å². The Bertz CT molecular complexity index is 582. The van der Waals surface area contributed by atoms with Gasteiger partial charge in [0.2, 0.25) is 5.91 Å². The number of aromatic carboxylic acids is 1. The molecule has 1 N–H and O–H groups in total. The minimum Gasteiger partial charge on any atom is -0.478 e. The predicted molar refractivity (Wildman–Crippen MR) is 80.4 cm³/mol. The van der Waals surface area contributed by atoms with E-state index in [0.29, 0.717) is 0 Å². The lowest BCUT2D eigenvalue weighted by Gasteiger charge is -2.22. The van der Waals surface area contributed by atoms with Crippen LogP contribution in [-0.2, 0) is 20.9 Å². The molecule has 0 aromatic heterocycles. The van der Waals surface area contributed by atoms with Crippen molar-refractivity contribution in [3.05, 3.63) is 34.9 Å². The highest BCUT2D eigenvalue weighted by molar-refractivity contribution is 5.88. The zero-order valence-electron chi connectivity index (χ0n) is 13.3. The summed E-state index contributed by atoms with van der Waals surface area (Å²) in [5.74, 6) is -2.11. The number of carbonyl (C=O) groups is 3. The summed E-state index contributed by atoms with van der Waals surface area (Å²) in [4.78, 5) is 36.0. The lowest BCUT2D eigenvalue weighted by Crippen LogP contribution is -2.32. The van der Waals surface area contributed by atoms with E-state index in [1.165, 1.54) is 18.1 Å². The van der Waals surface area contributed by atoms with Crippen LogP contribution < -0.4 is 0 Å². The Hall–Kier alpha value is -2.37. The number of rotatable bonds is 6. The molecule has 0 spiro atoms. The topological polar surface area (TPSA) is 83.9 Å². The smallest absolute Gasteiger partial charge is 0.335 e. The molecule has 0 aliphatic rings. The predicted octanol–water partition coefficient (Wildman–Crippen LogP) is 1.85. The molecule has 1 rings (SSSR count). The SMILES string of the molecule is COC(=O)CC(C)C(=O)N(C)Cc1cc(C(=O)O)ccc1C. The van der Waals surface area contributed by atoms with E-state index in [9.17, 15) is 14.4 Å². The molecule has 6 heteroatoms. The van der Waals surface area contributed by atoms with Crippen molar-refractivity contribution in [2.75, 3.05) is 14.2 Å². The second-order valence-corrected chi connectivity index (χ2v) is 5.32. The van der Waals surface area contributed by atoms with Crippen molar-refractivity contribution in [1.29, 1.82) is 0 Å². The lowest BCUT2D eigenvalue weighted by molar-refractivity contribution is -0.146. The summed E-state index contributed by atoms with van der Waals surface area (Å²) in [5, 5.41) is 9.03. The Labute approximate surface area is 129 Å². The van der Waals surface area contributed by atoms with E-state index in [-0.39, 0.29) is 24.4 Å². The van der Waals surface area contributed by atoms with Gasteiger partial charge in [-0.05, 0) is 30.2 Å². The number of esters is 1. The highest BCUT2D eigenvalue weighted by Crippen LogP contribution is 2.16. The van der Waals surface area contributed by atoms with Crippen LogP contribution in [0.4, 0.5) is 0 Å². The Balaban J connectivity index is 2.81. The summed E-state index contributed by atoms with van der Waals surface area (Å²) in [5.41, 5.74) is 1.86. The van der Waals surface area contributed by atoms with Gasteiger partial charge in [0, 0.05) is 19.5 Å². The number of hydrogen-bond acceptors (Lipinski definition) is 4. The molecule has 1 unspecified atom stereocenters. The normalized spacial score (nSPS) is 11.6. The summed E-state index contributed by atoms with van der Waals surface area (Å²) in [7, 11) is 2.91. The van der Waals surface area contributed by atoms with Gasteiger partial charge < -0.3 is 14.7 Å². The van der Waals surface area contributed by atoms with Crippen molar-refractivity contribution in [2.24, 2.45) is 5.92 Å². The monoisotopic (exact) mass is 307 g/mol. The van der Waals surface area contributed by atoms with Crippen LogP contribution in [0.25, 0.3) is 0 Å². The second-order valence-electron chi connectivity index (χ2n) is 5.32. The van der Waals surface area contributed by atoms with Crippen LogP contribution in [-0.4, -0.2) is 42.0 Å². The highest BCUT2D eigenvalue weighted by atomic mass is 16.5. The van der Waals surface area contributed by atoms with Gasteiger partial charge in [0.05, 0.1) is 19.1 Å². The van der Waals surface area contributed by atoms with Gasteiger partial charge in [-0.2, -0.15) is 0 Å². The fraction of sp³-hybridized carbons (Fsp3) is 0.438. The first-order valence-electron chi connectivity index (χ1n) is 6.90. The Morgan fingerprint density at radius 2 is 1.95 bits per heavy atom. The minimum atomic E-state index is -1.01. The van der Waals surface area contributed by atoms with Gasteiger partial charge in [-0.3, -0.25) is 9.59 Å².